The number of hydrogen-bond acceptors (Lipinski definition) is 6. The topological polar surface area (TPSA) is 120 Å². The SMILES string of the molecule is N#C/C(=C(\N)Sc1ccccc1N)c1cccc(C(O)c2cccc(C#N)c2)c1. The van der Waals surface area contributed by atoms with Crippen LogP contribution in [0, 0.1) is 22.7 Å². The van der Waals surface area contributed by atoms with Crippen LogP contribution in [-0.4, -0.2) is 5.11 Å². The van der Waals surface area contributed by atoms with Crippen molar-refractivity contribution in [2.75, 3.05) is 5.73 Å². The number of aliphatic hydroxyl groups excluding tert-OH is 1. The van der Waals surface area contributed by atoms with Crippen LogP contribution >= 0.6 is 11.8 Å². The molecule has 0 amide bonds. The molecule has 0 bridgehead atoms. The van der Waals surface area contributed by atoms with Gasteiger partial charge in [-0.15, -0.1) is 0 Å². The Labute approximate surface area is 173 Å². The van der Waals surface area contributed by atoms with Crippen molar-refractivity contribution in [3.8, 4) is 12.1 Å². The summed E-state index contributed by atoms with van der Waals surface area (Å²) in [7, 11) is 0. The van der Waals surface area contributed by atoms with E-state index in [1.807, 2.05) is 18.2 Å². The second-order valence-corrected chi connectivity index (χ2v) is 7.34. The Morgan fingerprint density at radius 3 is 2.31 bits per heavy atom. The Morgan fingerprint density at radius 1 is 0.931 bits per heavy atom. The molecule has 0 saturated carbocycles. The van der Waals surface area contributed by atoms with E-state index in [4.69, 9.17) is 16.7 Å². The van der Waals surface area contributed by atoms with Crippen LogP contribution in [-0.2, 0) is 0 Å². The first-order valence-corrected chi connectivity index (χ1v) is 9.55. The molecular weight excluding hydrogens is 380 g/mol. The molecule has 29 heavy (non-hydrogen) atoms. The minimum Gasteiger partial charge on any atom is -0.398 e. The first kappa shape index (κ1) is 20.0. The lowest BCUT2D eigenvalue weighted by Crippen LogP contribution is -2.02. The Morgan fingerprint density at radius 2 is 1.62 bits per heavy atom. The molecule has 0 heterocycles. The van der Waals surface area contributed by atoms with E-state index in [0.717, 1.165) is 4.90 Å². The highest BCUT2D eigenvalue weighted by atomic mass is 32.2. The minimum absolute atomic E-state index is 0.304. The van der Waals surface area contributed by atoms with Gasteiger partial charge in [0.05, 0.1) is 22.2 Å². The molecule has 5 nitrogen and oxygen atoms in total. The van der Waals surface area contributed by atoms with Gasteiger partial charge in [-0.1, -0.05) is 54.2 Å². The average Bonchev–Trinajstić information content (AvgIpc) is 2.75. The van der Waals surface area contributed by atoms with Gasteiger partial charge in [-0.2, -0.15) is 10.5 Å². The number of aliphatic hydroxyl groups is 1. The van der Waals surface area contributed by atoms with Crippen LogP contribution in [0.5, 0.6) is 0 Å². The van der Waals surface area contributed by atoms with Crippen molar-refractivity contribution in [3.05, 3.63) is 100 Å². The second kappa shape index (κ2) is 8.99. The number of thioether (sulfide) groups is 1. The zero-order valence-electron chi connectivity index (χ0n) is 15.4. The van der Waals surface area contributed by atoms with Gasteiger partial charge in [-0.25, -0.2) is 0 Å². The molecule has 0 saturated heterocycles. The summed E-state index contributed by atoms with van der Waals surface area (Å²) in [5.41, 5.74) is 15.3. The van der Waals surface area contributed by atoms with Gasteiger partial charge >= 0.3 is 0 Å². The third-order valence-electron chi connectivity index (χ3n) is 4.32. The van der Waals surface area contributed by atoms with Gasteiger partial charge in [0.2, 0.25) is 0 Å². The molecule has 0 aliphatic carbocycles. The van der Waals surface area contributed by atoms with Crippen molar-refractivity contribution in [2.24, 2.45) is 5.73 Å². The number of anilines is 1. The predicted octanol–water partition coefficient (Wildman–Crippen LogP) is 4.17. The van der Waals surface area contributed by atoms with E-state index in [-0.39, 0.29) is 0 Å². The lowest BCUT2D eigenvalue weighted by Gasteiger charge is -2.14. The van der Waals surface area contributed by atoms with Crippen molar-refractivity contribution in [1.29, 1.82) is 10.5 Å². The summed E-state index contributed by atoms with van der Waals surface area (Å²) in [6, 6.07) is 25.3. The fourth-order valence-corrected chi connectivity index (χ4v) is 3.67. The molecule has 1 atom stereocenters. The summed E-state index contributed by atoms with van der Waals surface area (Å²) in [6.45, 7) is 0. The van der Waals surface area contributed by atoms with Gasteiger partial charge in [-0.3, -0.25) is 0 Å². The van der Waals surface area contributed by atoms with Crippen molar-refractivity contribution in [2.45, 2.75) is 11.0 Å². The molecule has 3 rings (SSSR count). The van der Waals surface area contributed by atoms with Gasteiger partial charge in [0, 0.05) is 10.6 Å². The van der Waals surface area contributed by atoms with E-state index in [0.29, 0.717) is 38.5 Å². The van der Waals surface area contributed by atoms with Crippen LogP contribution in [0.25, 0.3) is 5.57 Å². The van der Waals surface area contributed by atoms with E-state index >= 15 is 0 Å². The van der Waals surface area contributed by atoms with Crippen molar-refractivity contribution >= 4 is 23.0 Å². The fourth-order valence-electron chi connectivity index (χ4n) is 2.84. The minimum atomic E-state index is -0.929. The number of nitrogen functional groups attached to an aromatic ring is 1. The molecule has 5 N–H and O–H groups in total. The van der Waals surface area contributed by atoms with E-state index < -0.39 is 6.10 Å². The van der Waals surface area contributed by atoms with Gasteiger partial charge in [0.15, 0.2) is 0 Å². The fraction of sp³-hybridized carbons (Fsp3) is 0.0435. The Balaban J connectivity index is 1.95. The maximum Gasteiger partial charge on any atom is 0.104 e. The molecule has 3 aromatic carbocycles. The van der Waals surface area contributed by atoms with Gasteiger partial charge in [-0.05, 0) is 47.0 Å². The van der Waals surface area contributed by atoms with E-state index in [1.165, 1.54) is 11.8 Å². The second-order valence-electron chi connectivity index (χ2n) is 6.26. The number of hydrogen-bond donors (Lipinski definition) is 3. The number of nitriles is 2. The molecule has 0 radical (unpaired) electrons. The van der Waals surface area contributed by atoms with E-state index in [1.54, 1.807) is 54.6 Å². The summed E-state index contributed by atoms with van der Waals surface area (Å²) in [4.78, 5) is 0.766. The van der Waals surface area contributed by atoms with Crippen LogP contribution in [0.2, 0.25) is 0 Å². The molecule has 6 heteroatoms. The average molecular weight is 398 g/mol. The van der Waals surface area contributed by atoms with Crippen LogP contribution in [0.1, 0.15) is 28.4 Å². The summed E-state index contributed by atoms with van der Waals surface area (Å²) in [5, 5.41) is 29.8. The maximum absolute atomic E-state index is 10.7. The quantitative estimate of drug-likeness (QED) is 0.337. The Hall–Kier alpha value is -3.71. The highest BCUT2D eigenvalue weighted by Gasteiger charge is 2.15. The predicted molar refractivity (Wildman–Crippen MR) is 115 cm³/mol. The monoisotopic (exact) mass is 398 g/mol. The summed E-state index contributed by atoms with van der Waals surface area (Å²) in [6.07, 6.45) is -0.929. The Kier molecular flexibility index (Phi) is 6.21. The molecule has 3 aromatic rings. The molecule has 0 aliphatic heterocycles. The number of nitrogens with zero attached hydrogens (tertiary/aromatic N) is 2. The molecule has 0 fully saturated rings. The van der Waals surface area contributed by atoms with Crippen molar-refractivity contribution in [1.82, 2.24) is 0 Å². The number of benzene rings is 3. The van der Waals surface area contributed by atoms with Crippen LogP contribution < -0.4 is 11.5 Å². The molecular formula is C23H18N4OS. The van der Waals surface area contributed by atoms with Crippen LogP contribution in [0.3, 0.4) is 0 Å². The zero-order valence-corrected chi connectivity index (χ0v) is 16.2. The summed E-state index contributed by atoms with van der Waals surface area (Å²) < 4.78 is 0. The Bertz CT molecular complexity index is 1160. The van der Waals surface area contributed by atoms with Crippen LogP contribution in [0.15, 0.2) is 82.7 Å². The van der Waals surface area contributed by atoms with E-state index in [2.05, 4.69) is 12.1 Å². The smallest absolute Gasteiger partial charge is 0.104 e. The first-order chi connectivity index (χ1) is 14.0. The zero-order chi connectivity index (χ0) is 20.8. The normalized spacial score (nSPS) is 12.4. The van der Waals surface area contributed by atoms with E-state index in [9.17, 15) is 10.4 Å². The number of para-hydroxylation sites is 1. The molecule has 0 aromatic heterocycles. The lowest BCUT2D eigenvalue weighted by molar-refractivity contribution is 0.220. The summed E-state index contributed by atoms with van der Waals surface area (Å²) in [5.74, 6) is 0. The number of nitrogens with two attached hydrogens (primary N) is 2. The van der Waals surface area contributed by atoms with Gasteiger partial charge in [0.1, 0.15) is 12.2 Å². The highest BCUT2D eigenvalue weighted by molar-refractivity contribution is 8.03. The molecule has 1 unspecified atom stereocenters. The van der Waals surface area contributed by atoms with Gasteiger partial charge in [0.25, 0.3) is 0 Å². The third-order valence-corrected chi connectivity index (χ3v) is 5.34. The summed E-state index contributed by atoms with van der Waals surface area (Å²) >= 11 is 1.22. The third kappa shape index (κ3) is 4.59. The largest absolute Gasteiger partial charge is 0.398 e. The van der Waals surface area contributed by atoms with Gasteiger partial charge < -0.3 is 16.6 Å². The number of rotatable bonds is 5. The first-order valence-electron chi connectivity index (χ1n) is 8.74. The number of allylic oxidation sites excluding steroid dienone is 1. The maximum atomic E-state index is 10.7. The van der Waals surface area contributed by atoms with Crippen molar-refractivity contribution in [3.63, 3.8) is 0 Å². The molecule has 0 spiro atoms. The standard InChI is InChI=1S/C23H18N4OS/c24-13-15-5-3-7-17(11-15)22(28)18-8-4-6-16(12-18)19(14-25)23(27)29-21-10-2-1-9-20(21)26/h1-12,22,28H,26-27H2/b23-19-. The molecule has 142 valence electrons. The molecule has 0 aliphatic rings. The van der Waals surface area contributed by atoms with Crippen LogP contribution in [0.4, 0.5) is 5.69 Å². The lowest BCUT2D eigenvalue weighted by atomic mass is 9.97. The van der Waals surface area contributed by atoms with Crippen molar-refractivity contribution < 1.29 is 5.11 Å². The highest BCUT2D eigenvalue weighted by Crippen LogP contribution is 2.33.